The number of aliphatic carboxylic acids is 1. The lowest BCUT2D eigenvalue weighted by Crippen LogP contribution is -2.66. The Hall–Kier alpha value is -3.44. The van der Waals surface area contributed by atoms with Crippen molar-refractivity contribution in [2.75, 3.05) is 32.8 Å². The maximum atomic E-state index is 14.3. The molecular formula is C56H82ClN3O8. The highest BCUT2D eigenvalue weighted by molar-refractivity contribution is 6.30. The van der Waals surface area contributed by atoms with Crippen molar-refractivity contribution < 1.29 is 38.6 Å². The summed E-state index contributed by atoms with van der Waals surface area (Å²) in [5, 5.41) is 16.5. The van der Waals surface area contributed by atoms with Crippen LogP contribution >= 0.6 is 11.6 Å². The molecule has 7 aliphatic rings. The van der Waals surface area contributed by atoms with Gasteiger partial charge in [0.1, 0.15) is 18.5 Å². The molecule has 1 aromatic rings. The van der Waals surface area contributed by atoms with Gasteiger partial charge < -0.3 is 25.2 Å². The van der Waals surface area contributed by atoms with Crippen molar-refractivity contribution in [2.45, 2.75) is 171 Å². The standard InChI is InChI=1S/C56H82ClN3O8/c1-33(2)45-39(61)30-56(31-44(62)58-32-50(3,4)59-47(63)35-15-14-34(57)28-40(35)67-27-26-60-24-12-13-25-60)23-22-54(10)36(46(45)56)16-17-42-53(9)20-19-43(52(7,8)41(53)18-21-55(42,54)11)68-49(66)38-29-37(48(64)65)51(38,5)6/h14-15,28,33,36-38,41-43H,12-13,16-27,29-32H2,1-11H3,(H,58,62)(H,59,63)(H,64,65)/t36-,37+,38-,41+,42-,43+,53+,54-,55-,56+/m1/s1. The SMILES string of the molecule is CC(C)C1=C2[C@H]3CC[C@@H]4[C@@]5(C)CC[C@H](OC(=O)[C@H]6C[C@@H](C(=O)O)C6(C)C)C(C)(C)[C@@H]5CC[C@@]4(C)[C@]3(C)CC[C@@]2(CC(=O)NCC(C)(C)NC(=O)c2ccc(Cl)cc2OCCN2CCCC2)CC1=O. The van der Waals surface area contributed by atoms with E-state index in [-0.39, 0.29) is 76.1 Å². The van der Waals surface area contributed by atoms with E-state index in [9.17, 15) is 29.1 Å². The molecule has 3 N–H and O–H groups in total. The Labute approximate surface area is 411 Å². The molecule has 12 heteroatoms. The molecule has 1 aliphatic heterocycles. The summed E-state index contributed by atoms with van der Waals surface area (Å²) < 4.78 is 12.6. The number of carboxylic acids is 1. The Balaban J connectivity index is 0.950. The number of hydrogen-bond donors (Lipinski definition) is 3. The first-order valence-corrected chi connectivity index (χ1v) is 26.5. The van der Waals surface area contributed by atoms with Crippen LogP contribution in [0.3, 0.4) is 0 Å². The molecule has 1 heterocycles. The van der Waals surface area contributed by atoms with E-state index in [1.807, 2.05) is 27.7 Å². The third kappa shape index (κ3) is 8.55. The second-order valence-corrected chi connectivity index (χ2v) is 26.0. The number of amides is 2. The molecule has 10 atom stereocenters. The highest BCUT2D eigenvalue weighted by Gasteiger charge is 2.70. The zero-order valence-electron chi connectivity index (χ0n) is 43.1. The summed E-state index contributed by atoms with van der Waals surface area (Å²) in [6.07, 6.45) is 10.7. The molecule has 376 valence electrons. The summed E-state index contributed by atoms with van der Waals surface area (Å²) in [5.74, 6) is -0.724. The summed E-state index contributed by atoms with van der Waals surface area (Å²) >= 11 is 6.35. The van der Waals surface area contributed by atoms with Gasteiger partial charge in [0.2, 0.25) is 5.91 Å². The van der Waals surface area contributed by atoms with Crippen molar-refractivity contribution in [1.82, 2.24) is 15.5 Å². The maximum absolute atomic E-state index is 14.3. The molecule has 0 aromatic heterocycles. The van der Waals surface area contributed by atoms with Crippen LogP contribution in [0.1, 0.15) is 170 Å². The predicted molar refractivity (Wildman–Crippen MR) is 264 cm³/mol. The topological polar surface area (TPSA) is 151 Å². The van der Waals surface area contributed by atoms with Gasteiger partial charge >= 0.3 is 11.9 Å². The second kappa shape index (κ2) is 18.0. The number of carboxylic acid groups (broad SMARTS) is 1. The average molecular weight is 961 g/mol. The summed E-state index contributed by atoms with van der Waals surface area (Å²) in [7, 11) is 0. The number of rotatable bonds is 14. The van der Waals surface area contributed by atoms with Crippen molar-refractivity contribution in [2.24, 2.45) is 68.0 Å². The largest absolute Gasteiger partial charge is 0.491 e. The zero-order chi connectivity index (χ0) is 49.6. The van der Waals surface area contributed by atoms with Gasteiger partial charge in [0.05, 0.1) is 22.9 Å². The molecule has 6 aliphatic carbocycles. The van der Waals surface area contributed by atoms with Crippen LogP contribution in [0.2, 0.25) is 5.02 Å². The summed E-state index contributed by atoms with van der Waals surface area (Å²) in [6.45, 7) is 27.6. The Bertz CT molecular complexity index is 2230. The fourth-order valence-corrected chi connectivity index (χ4v) is 16.5. The molecule has 6 fully saturated rings. The molecule has 0 spiro atoms. The summed E-state index contributed by atoms with van der Waals surface area (Å²) in [4.78, 5) is 70.3. The molecule has 8 rings (SSSR count). The van der Waals surface area contributed by atoms with Gasteiger partial charge in [0.25, 0.3) is 5.91 Å². The lowest BCUT2D eigenvalue weighted by molar-refractivity contribution is -0.236. The van der Waals surface area contributed by atoms with E-state index in [0.29, 0.717) is 47.6 Å². The van der Waals surface area contributed by atoms with E-state index in [2.05, 4.69) is 64.0 Å². The number of likely N-dealkylation sites (tertiary alicyclic amines) is 1. The van der Waals surface area contributed by atoms with E-state index >= 15 is 0 Å². The monoisotopic (exact) mass is 960 g/mol. The van der Waals surface area contributed by atoms with E-state index in [0.717, 1.165) is 76.6 Å². The number of Topliss-reactive ketones (excluding diaryl/α,β-unsaturated/α-hetero) is 1. The van der Waals surface area contributed by atoms with Crippen LogP contribution in [0, 0.1) is 68.0 Å². The zero-order valence-corrected chi connectivity index (χ0v) is 43.9. The molecule has 2 amide bonds. The minimum absolute atomic E-state index is 0.00279. The van der Waals surface area contributed by atoms with E-state index in [1.165, 1.54) is 18.4 Å². The minimum atomic E-state index is -0.843. The first kappa shape index (κ1) is 50.9. The van der Waals surface area contributed by atoms with Crippen LogP contribution in [0.4, 0.5) is 0 Å². The normalized spacial score (nSPS) is 36.2. The summed E-state index contributed by atoms with van der Waals surface area (Å²) in [6, 6.07) is 5.07. The highest BCUT2D eigenvalue weighted by Crippen LogP contribution is 2.77. The second-order valence-electron chi connectivity index (χ2n) is 25.6. The molecule has 0 radical (unpaired) electrons. The number of carbonyl (C=O) groups is 5. The third-order valence-electron chi connectivity index (χ3n) is 20.4. The van der Waals surface area contributed by atoms with Crippen molar-refractivity contribution in [1.29, 1.82) is 0 Å². The molecule has 0 bridgehead atoms. The molecule has 1 saturated heterocycles. The number of nitrogens with one attached hydrogen (secondary N) is 2. The van der Waals surface area contributed by atoms with Crippen LogP contribution in [0.15, 0.2) is 29.3 Å². The number of ketones is 1. The number of ether oxygens (including phenoxy) is 2. The third-order valence-corrected chi connectivity index (χ3v) is 20.6. The van der Waals surface area contributed by atoms with Gasteiger partial charge in [-0.15, -0.1) is 0 Å². The van der Waals surface area contributed by atoms with E-state index in [4.69, 9.17) is 21.1 Å². The summed E-state index contributed by atoms with van der Waals surface area (Å²) in [5.41, 5.74) is 0.386. The minimum Gasteiger partial charge on any atom is -0.491 e. The first-order valence-electron chi connectivity index (χ1n) is 26.2. The first-order chi connectivity index (χ1) is 31.7. The number of halogens is 1. The number of allylic oxidation sites excluding steroid dienone is 2. The molecule has 68 heavy (non-hydrogen) atoms. The van der Waals surface area contributed by atoms with Gasteiger partial charge in [-0.1, -0.05) is 79.5 Å². The number of hydrogen-bond acceptors (Lipinski definition) is 8. The average Bonchev–Trinajstić information content (AvgIpc) is 3.86. The quantitative estimate of drug-likeness (QED) is 0.155. The van der Waals surface area contributed by atoms with Crippen molar-refractivity contribution >= 4 is 41.1 Å². The molecule has 1 aromatic carbocycles. The van der Waals surface area contributed by atoms with Crippen LogP contribution in [-0.4, -0.2) is 84.0 Å². The Morgan fingerprint density at radius 2 is 1.59 bits per heavy atom. The van der Waals surface area contributed by atoms with Gasteiger partial charge in [-0.2, -0.15) is 0 Å². The Morgan fingerprint density at radius 3 is 2.25 bits per heavy atom. The van der Waals surface area contributed by atoms with Gasteiger partial charge in [0, 0.05) is 41.8 Å². The van der Waals surface area contributed by atoms with Crippen LogP contribution in [0.5, 0.6) is 5.75 Å². The molecule has 0 unspecified atom stereocenters. The molecular weight excluding hydrogens is 878 g/mol. The van der Waals surface area contributed by atoms with Crippen LogP contribution in [0.25, 0.3) is 0 Å². The number of benzene rings is 1. The van der Waals surface area contributed by atoms with Crippen molar-refractivity contribution in [3.05, 3.63) is 39.9 Å². The smallest absolute Gasteiger partial charge is 0.309 e. The number of nitrogens with zero attached hydrogens (tertiary/aromatic N) is 1. The van der Waals surface area contributed by atoms with E-state index in [1.54, 1.807) is 18.2 Å². The van der Waals surface area contributed by atoms with Gasteiger partial charge in [-0.05, 0) is 167 Å². The highest BCUT2D eigenvalue weighted by atomic mass is 35.5. The van der Waals surface area contributed by atoms with Gasteiger partial charge in [-0.25, -0.2) is 0 Å². The predicted octanol–water partition coefficient (Wildman–Crippen LogP) is 10.5. The van der Waals surface area contributed by atoms with Crippen molar-refractivity contribution in [3.63, 3.8) is 0 Å². The van der Waals surface area contributed by atoms with Gasteiger partial charge in [-0.3, -0.25) is 28.9 Å². The lowest BCUT2D eigenvalue weighted by atomic mass is 9.33. The lowest BCUT2D eigenvalue weighted by Gasteiger charge is -2.72. The molecule has 5 saturated carbocycles. The van der Waals surface area contributed by atoms with Crippen LogP contribution < -0.4 is 15.4 Å². The maximum Gasteiger partial charge on any atom is 0.309 e. The van der Waals surface area contributed by atoms with E-state index < -0.39 is 34.2 Å². The van der Waals surface area contributed by atoms with Crippen LogP contribution in [-0.2, 0) is 23.9 Å². The molecule has 11 nitrogen and oxygen atoms in total. The number of esters is 1. The Kier molecular flexibility index (Phi) is 13.5. The number of carbonyl (C=O) groups excluding carboxylic acids is 4. The fourth-order valence-electron chi connectivity index (χ4n) is 16.3. The fraction of sp³-hybridized carbons (Fsp3) is 0.768. The van der Waals surface area contributed by atoms with Gasteiger partial charge in [0.15, 0.2) is 5.78 Å². The van der Waals surface area contributed by atoms with Crippen molar-refractivity contribution in [3.8, 4) is 5.75 Å². The Morgan fingerprint density at radius 1 is 0.882 bits per heavy atom. The number of fused-ring (bicyclic) bond motifs is 7.